The first-order valence-electron chi connectivity index (χ1n) is 15.2. The molecule has 0 unspecified atom stereocenters. The average molecular weight is 290 g/mol. The first-order valence-corrected chi connectivity index (χ1v) is 6.23. The Hall–Kier alpha value is -1.02. The Morgan fingerprint density at radius 2 is 2.50 bits per heavy atom. The lowest BCUT2D eigenvalue weighted by atomic mass is 9.52. The number of piperidine rings is 1. The smallest absolute Gasteiger partial charge is 0.119 e. The lowest BCUT2D eigenvalue weighted by Gasteiger charge is -2.58. The summed E-state index contributed by atoms with van der Waals surface area (Å²) in [6, 6.07) is -6.56. The summed E-state index contributed by atoms with van der Waals surface area (Å²) in [7, 11) is 0.999. The second-order valence-corrected chi connectivity index (χ2v) is 4.81. The van der Waals surface area contributed by atoms with Gasteiger partial charge in [0.1, 0.15) is 5.75 Å². The van der Waals surface area contributed by atoms with Crippen molar-refractivity contribution in [2.24, 2.45) is 5.89 Å². The number of nitrogens with zero attached hydrogens (tertiary/aromatic N) is 1. The van der Waals surface area contributed by atoms with Crippen molar-refractivity contribution in [3.63, 3.8) is 0 Å². The molecule has 1 aromatic rings. The monoisotopic (exact) mass is 289 g/mol. The molecule has 4 rings (SSSR count). The SMILES string of the molecule is [2H]c1c([2H])c2c(c([2H])c1OC)[C@@]13CCN(C([2H])([2H])[2H])[C@@]([2H])(C2([2H])[2H])[C@@]1([2H])C([2H])([2H])C([2H])([2H])C([2H])([2H])C3([2H])[2H]. The highest BCUT2D eigenvalue weighted by Gasteiger charge is 2.53. The molecule has 1 saturated carbocycles. The molecule has 0 aromatic heterocycles. The van der Waals surface area contributed by atoms with E-state index in [0.29, 0.717) is 0 Å². The number of fused-ring (bicyclic) bond motifs is 1. The summed E-state index contributed by atoms with van der Waals surface area (Å²) in [5, 5.41) is 0. The van der Waals surface area contributed by atoms with Gasteiger partial charge in [0.2, 0.25) is 0 Å². The van der Waals surface area contributed by atoms with Crippen LogP contribution in [-0.4, -0.2) is 31.5 Å². The number of hydrogen-bond acceptors (Lipinski definition) is 2. The highest BCUT2D eigenvalue weighted by molar-refractivity contribution is 5.45. The van der Waals surface area contributed by atoms with E-state index in [9.17, 15) is 2.74 Å². The maximum absolute atomic E-state index is 9.54. The highest BCUT2D eigenvalue weighted by atomic mass is 16.5. The summed E-state index contributed by atoms with van der Waals surface area (Å²) in [5.74, 6) is -4.45. The molecule has 108 valence electrons. The quantitative estimate of drug-likeness (QED) is 0.786. The molecule has 0 N–H and O–H groups in total. The maximum Gasteiger partial charge on any atom is 0.119 e. The van der Waals surface area contributed by atoms with E-state index in [0.717, 1.165) is 7.11 Å². The van der Waals surface area contributed by atoms with Crippen molar-refractivity contribution in [1.29, 1.82) is 0 Å². The molecule has 20 heavy (non-hydrogen) atoms. The molecular weight excluding hydrogens is 246 g/mol. The van der Waals surface area contributed by atoms with Crippen LogP contribution < -0.4 is 4.74 Å². The van der Waals surface area contributed by atoms with Gasteiger partial charge in [-0.25, -0.2) is 0 Å². The first-order chi connectivity index (χ1) is 16.8. The van der Waals surface area contributed by atoms with Crippen LogP contribution in [0.4, 0.5) is 0 Å². The van der Waals surface area contributed by atoms with E-state index in [1.54, 1.807) is 0 Å². The lowest BCUT2D eigenvalue weighted by Crippen LogP contribution is -2.59. The van der Waals surface area contributed by atoms with E-state index in [4.69, 9.17) is 26.7 Å². The first kappa shape index (κ1) is 3.84. The fourth-order valence-corrected chi connectivity index (χ4v) is 2.84. The molecule has 3 aliphatic rings. The van der Waals surface area contributed by atoms with E-state index in [1.807, 2.05) is 0 Å². The van der Waals surface area contributed by atoms with Crippen molar-refractivity contribution in [2.45, 2.75) is 49.7 Å². The minimum Gasteiger partial charge on any atom is -0.497 e. The van der Waals surface area contributed by atoms with Gasteiger partial charge in [0.05, 0.1) is 11.2 Å². The number of likely N-dealkylation sites (N-methyl/N-ethyl adjacent to an activating group) is 1. The number of likely N-dealkylation sites (tertiary alicyclic amines) is 1. The van der Waals surface area contributed by atoms with Crippen LogP contribution in [-0.2, 0) is 11.8 Å². The fourth-order valence-electron chi connectivity index (χ4n) is 2.84. The highest BCUT2D eigenvalue weighted by Crippen LogP contribution is 2.55. The van der Waals surface area contributed by atoms with Crippen molar-refractivity contribution >= 4 is 0 Å². The van der Waals surface area contributed by atoms with Crippen molar-refractivity contribution in [2.75, 3.05) is 20.6 Å². The zero-order valence-electron chi connectivity index (χ0n) is 28.8. The largest absolute Gasteiger partial charge is 0.497 e. The number of hydrogen-bond donors (Lipinski definition) is 0. The second kappa shape index (κ2) is 4.49. The Morgan fingerprint density at radius 1 is 1.55 bits per heavy atom. The van der Waals surface area contributed by atoms with Crippen LogP contribution in [0.1, 0.15) is 67.7 Å². The molecular formula is C18H25NO. The van der Waals surface area contributed by atoms with E-state index in [2.05, 4.69) is 0 Å². The zero-order valence-corrected chi connectivity index (χ0v) is 10.8. The molecule has 1 aliphatic heterocycles. The predicted molar refractivity (Wildman–Crippen MR) is 81.4 cm³/mol. The lowest BCUT2D eigenvalue weighted by molar-refractivity contribution is 0.00274. The maximum atomic E-state index is 9.54. The van der Waals surface area contributed by atoms with Crippen LogP contribution in [0.25, 0.3) is 0 Å². The molecule has 2 fully saturated rings. The summed E-state index contributed by atoms with van der Waals surface area (Å²) < 4.78 is 161. The van der Waals surface area contributed by atoms with Crippen molar-refractivity contribution < 1.29 is 29.4 Å². The molecule has 1 aromatic carbocycles. The van der Waals surface area contributed by atoms with Crippen molar-refractivity contribution in [3.05, 3.63) is 29.3 Å². The third kappa shape index (κ3) is 1.60. The van der Waals surface area contributed by atoms with Crippen LogP contribution in [0.2, 0.25) is 0 Å². The summed E-state index contributed by atoms with van der Waals surface area (Å²) in [5.41, 5.74) is -5.02. The summed E-state index contributed by atoms with van der Waals surface area (Å²) >= 11 is 0. The fraction of sp³-hybridized carbons (Fsp3) is 0.667. The van der Waals surface area contributed by atoms with E-state index >= 15 is 0 Å². The van der Waals surface area contributed by atoms with Gasteiger partial charge in [-0.3, -0.25) is 0 Å². The standard InChI is InChI=1S/C18H25NO/c1-19-10-9-18-8-4-3-5-15(18)17(19)11-13-6-7-14(20-2)12-16(13)18/h6-7,12,15,17H,3-5,8-11H2,1-2H3/t15-,17+,18+/m1/s1/i1D3,3D2,4D2,5D2,6D,7D,8D2,11D2,12D,15D,17D. The van der Waals surface area contributed by atoms with E-state index in [1.165, 1.54) is 0 Å². The molecule has 1 saturated heterocycles. The van der Waals surface area contributed by atoms with Gasteiger partial charge in [-0.1, -0.05) is 18.8 Å². The zero-order chi connectivity index (χ0) is 29.7. The summed E-state index contributed by atoms with van der Waals surface area (Å²) in [6.07, 6.45) is -19.9. The van der Waals surface area contributed by atoms with Gasteiger partial charge in [-0.15, -0.1) is 0 Å². The van der Waals surface area contributed by atoms with Crippen molar-refractivity contribution in [1.82, 2.24) is 4.90 Å². The molecule has 0 radical (unpaired) electrons. The number of benzene rings is 1. The third-order valence-corrected chi connectivity index (χ3v) is 3.83. The van der Waals surface area contributed by atoms with E-state index < -0.39 is 104 Å². The number of rotatable bonds is 1. The van der Waals surface area contributed by atoms with Gasteiger partial charge in [0, 0.05) is 32.0 Å². The van der Waals surface area contributed by atoms with Gasteiger partial charge in [0.25, 0.3) is 0 Å². The van der Waals surface area contributed by atoms with Crippen LogP contribution in [0, 0.1) is 5.89 Å². The average Bonchev–Trinajstić information content (AvgIpc) is 2.75. The number of methoxy groups -OCH3 is 1. The van der Waals surface area contributed by atoms with Crippen LogP contribution in [0.5, 0.6) is 5.75 Å². The normalized spacial score (nSPS) is 69.8. The molecule has 2 aliphatic carbocycles. The Morgan fingerprint density at radius 3 is 3.35 bits per heavy atom. The topological polar surface area (TPSA) is 12.5 Å². The minimum absolute atomic E-state index is 0.149. The molecule has 2 bridgehead atoms. The van der Waals surface area contributed by atoms with Gasteiger partial charge >= 0.3 is 0 Å². The van der Waals surface area contributed by atoms with Gasteiger partial charge in [0.15, 0.2) is 0 Å². The Kier molecular flexibility index (Phi) is 0.862. The Labute approximate surface area is 147 Å². The van der Waals surface area contributed by atoms with E-state index in [-0.39, 0.29) is 4.90 Å². The van der Waals surface area contributed by atoms with Crippen LogP contribution in [0.3, 0.4) is 0 Å². The van der Waals surface area contributed by atoms with Crippen LogP contribution in [0.15, 0.2) is 18.1 Å². The predicted octanol–water partition coefficient (Wildman–Crippen LogP) is 3.38. The van der Waals surface area contributed by atoms with Crippen LogP contribution >= 0.6 is 0 Å². The Bertz CT molecular complexity index is 1220. The molecule has 0 spiro atoms. The van der Waals surface area contributed by atoms with Crippen molar-refractivity contribution in [3.8, 4) is 5.75 Å². The minimum atomic E-state index is -3.95. The molecule has 0 amide bonds. The van der Waals surface area contributed by atoms with Gasteiger partial charge in [-0.2, -0.15) is 0 Å². The van der Waals surface area contributed by atoms with Gasteiger partial charge in [-0.05, 0) is 68.2 Å². The molecule has 2 nitrogen and oxygen atoms in total. The second-order valence-electron chi connectivity index (χ2n) is 4.81. The molecule has 2 heteroatoms. The molecule has 1 heterocycles. The number of ether oxygens (including phenoxy) is 1. The third-order valence-electron chi connectivity index (χ3n) is 3.83. The summed E-state index contributed by atoms with van der Waals surface area (Å²) in [6.45, 7) is -4.28. The Balaban J connectivity index is 2.44. The van der Waals surface area contributed by atoms with Gasteiger partial charge < -0.3 is 9.64 Å². The molecule has 3 atom stereocenters. The summed E-state index contributed by atoms with van der Waals surface area (Å²) in [4.78, 5) is 0.149.